The highest BCUT2D eigenvalue weighted by Crippen LogP contribution is 2.19. The lowest BCUT2D eigenvalue weighted by atomic mass is 10.0. The molecule has 0 rings (SSSR count). The standard InChI is InChI=1S/C66H128O6/c1-4-7-10-13-16-19-21-23-24-25-26-27-28-29-30-31-32-33-34-35-36-37-38-39-40-41-43-44-47-50-53-56-59-65(68)71-62-63(61-70-64(67)58-55-52-49-46-18-15-12-9-6-3)72-66(69)60-57-54-51-48-45-42-22-20-17-14-11-8-5-2/h63H,4-62H2,1-3H3. The molecule has 0 aromatic rings. The number of hydrogen-bond acceptors (Lipinski definition) is 6. The van der Waals surface area contributed by atoms with Crippen molar-refractivity contribution < 1.29 is 28.6 Å². The van der Waals surface area contributed by atoms with E-state index in [1.54, 1.807) is 0 Å². The fourth-order valence-corrected chi connectivity index (χ4v) is 10.4. The lowest BCUT2D eigenvalue weighted by molar-refractivity contribution is -0.167. The third-order valence-electron chi connectivity index (χ3n) is 15.4. The molecule has 0 aliphatic rings. The van der Waals surface area contributed by atoms with E-state index >= 15 is 0 Å². The van der Waals surface area contributed by atoms with Crippen LogP contribution in [0.4, 0.5) is 0 Å². The summed E-state index contributed by atoms with van der Waals surface area (Å²) >= 11 is 0. The maximum absolute atomic E-state index is 12.8. The predicted molar refractivity (Wildman–Crippen MR) is 312 cm³/mol. The van der Waals surface area contributed by atoms with Crippen molar-refractivity contribution in [2.24, 2.45) is 0 Å². The molecule has 72 heavy (non-hydrogen) atoms. The molecule has 6 nitrogen and oxygen atoms in total. The molecule has 0 heterocycles. The normalized spacial score (nSPS) is 11.9. The van der Waals surface area contributed by atoms with Gasteiger partial charge >= 0.3 is 17.9 Å². The SMILES string of the molecule is CCCCCCCCCCCCCCCCCCCCCCCCCCCCCCCCCCC(=O)OCC(COC(=O)CCCCCCCCCCC)OC(=O)CCCCCCCCCCCCCCC. The quantitative estimate of drug-likeness (QED) is 0.0343. The van der Waals surface area contributed by atoms with Gasteiger partial charge in [0.25, 0.3) is 0 Å². The zero-order valence-electron chi connectivity index (χ0n) is 49.2. The first-order valence-electron chi connectivity index (χ1n) is 33.0. The Labute approximate surface area is 450 Å². The van der Waals surface area contributed by atoms with Crippen LogP contribution in [-0.4, -0.2) is 37.2 Å². The van der Waals surface area contributed by atoms with Crippen LogP contribution in [0.25, 0.3) is 0 Å². The fraction of sp³-hybridized carbons (Fsp3) is 0.955. The van der Waals surface area contributed by atoms with Gasteiger partial charge < -0.3 is 14.2 Å². The summed E-state index contributed by atoms with van der Waals surface area (Å²) in [6, 6.07) is 0. The molecule has 0 fully saturated rings. The van der Waals surface area contributed by atoms with Gasteiger partial charge in [-0.2, -0.15) is 0 Å². The first-order chi connectivity index (χ1) is 35.5. The van der Waals surface area contributed by atoms with Gasteiger partial charge in [0.1, 0.15) is 13.2 Å². The Morgan fingerprint density at radius 1 is 0.222 bits per heavy atom. The Morgan fingerprint density at radius 3 is 0.556 bits per heavy atom. The van der Waals surface area contributed by atoms with Crippen molar-refractivity contribution in [3.63, 3.8) is 0 Å². The van der Waals surface area contributed by atoms with Crippen molar-refractivity contribution in [1.29, 1.82) is 0 Å². The molecule has 428 valence electrons. The monoisotopic (exact) mass is 1020 g/mol. The number of ether oxygens (including phenoxy) is 3. The first-order valence-corrected chi connectivity index (χ1v) is 33.0. The molecule has 0 N–H and O–H groups in total. The Bertz CT molecular complexity index is 1080. The zero-order valence-corrected chi connectivity index (χ0v) is 49.2. The van der Waals surface area contributed by atoms with Gasteiger partial charge in [0.2, 0.25) is 0 Å². The average Bonchev–Trinajstić information content (AvgIpc) is 3.38. The summed E-state index contributed by atoms with van der Waals surface area (Å²) in [4.78, 5) is 38.1. The Kier molecular flexibility index (Phi) is 60.6. The molecule has 0 radical (unpaired) electrons. The van der Waals surface area contributed by atoms with Crippen LogP contribution >= 0.6 is 0 Å². The van der Waals surface area contributed by atoms with Crippen LogP contribution in [0.5, 0.6) is 0 Å². The molecule has 0 amide bonds. The van der Waals surface area contributed by atoms with Crippen molar-refractivity contribution in [1.82, 2.24) is 0 Å². The van der Waals surface area contributed by atoms with Crippen LogP contribution < -0.4 is 0 Å². The molecule has 0 saturated carbocycles. The van der Waals surface area contributed by atoms with Gasteiger partial charge in [-0.25, -0.2) is 0 Å². The van der Waals surface area contributed by atoms with E-state index in [0.717, 1.165) is 57.8 Å². The summed E-state index contributed by atoms with van der Waals surface area (Å²) < 4.78 is 16.9. The summed E-state index contributed by atoms with van der Waals surface area (Å²) in [5, 5.41) is 0. The van der Waals surface area contributed by atoms with Gasteiger partial charge in [-0.3, -0.25) is 14.4 Å². The number of unbranched alkanes of at least 4 members (excludes halogenated alkanes) is 51. The minimum atomic E-state index is -0.760. The van der Waals surface area contributed by atoms with Crippen LogP contribution in [0, 0.1) is 0 Å². The number of carbonyl (C=O) groups excluding carboxylic acids is 3. The van der Waals surface area contributed by atoms with Crippen molar-refractivity contribution >= 4 is 17.9 Å². The van der Waals surface area contributed by atoms with E-state index in [9.17, 15) is 14.4 Å². The summed E-state index contributed by atoms with van der Waals surface area (Å²) in [5.41, 5.74) is 0. The topological polar surface area (TPSA) is 78.9 Å². The van der Waals surface area contributed by atoms with Crippen LogP contribution in [-0.2, 0) is 28.6 Å². The van der Waals surface area contributed by atoms with E-state index in [1.807, 2.05) is 0 Å². The van der Waals surface area contributed by atoms with E-state index < -0.39 is 6.10 Å². The van der Waals surface area contributed by atoms with Crippen molar-refractivity contribution in [2.45, 2.75) is 393 Å². The molecular weight excluding hydrogens is 889 g/mol. The summed E-state index contributed by atoms with van der Waals surface area (Å²) in [6.45, 7) is 6.69. The molecule has 0 aromatic carbocycles. The molecule has 0 spiro atoms. The molecule has 6 heteroatoms. The second-order valence-electron chi connectivity index (χ2n) is 22.8. The number of carbonyl (C=O) groups is 3. The molecule has 0 aliphatic carbocycles. The molecular formula is C66H128O6. The molecule has 1 atom stereocenters. The average molecular weight is 1020 g/mol. The third-order valence-corrected chi connectivity index (χ3v) is 15.4. The summed E-state index contributed by atoms with van der Waals surface area (Å²) in [5.74, 6) is -0.835. The van der Waals surface area contributed by atoms with Gasteiger partial charge in [-0.05, 0) is 19.3 Å². The van der Waals surface area contributed by atoms with Gasteiger partial charge in [0.15, 0.2) is 6.10 Å². The van der Waals surface area contributed by atoms with Crippen LogP contribution in [0.3, 0.4) is 0 Å². The summed E-state index contributed by atoms with van der Waals surface area (Å²) in [6.07, 6.45) is 71.5. The molecule has 0 saturated heterocycles. The number of esters is 3. The smallest absolute Gasteiger partial charge is 0.306 e. The van der Waals surface area contributed by atoms with Gasteiger partial charge in [-0.1, -0.05) is 348 Å². The third kappa shape index (κ3) is 59.3. The maximum Gasteiger partial charge on any atom is 0.306 e. The Hall–Kier alpha value is -1.59. The van der Waals surface area contributed by atoms with E-state index in [2.05, 4.69) is 20.8 Å². The van der Waals surface area contributed by atoms with Crippen molar-refractivity contribution in [3.05, 3.63) is 0 Å². The van der Waals surface area contributed by atoms with E-state index in [4.69, 9.17) is 14.2 Å². The van der Waals surface area contributed by atoms with Crippen molar-refractivity contribution in [3.8, 4) is 0 Å². The minimum absolute atomic E-state index is 0.0614. The summed E-state index contributed by atoms with van der Waals surface area (Å²) in [7, 11) is 0. The molecule has 1 unspecified atom stereocenters. The van der Waals surface area contributed by atoms with Crippen LogP contribution in [0.15, 0.2) is 0 Å². The van der Waals surface area contributed by atoms with E-state index in [-0.39, 0.29) is 31.1 Å². The fourth-order valence-electron chi connectivity index (χ4n) is 10.4. The van der Waals surface area contributed by atoms with Crippen LogP contribution in [0.2, 0.25) is 0 Å². The van der Waals surface area contributed by atoms with Gasteiger partial charge in [0.05, 0.1) is 0 Å². The zero-order chi connectivity index (χ0) is 52.2. The highest BCUT2D eigenvalue weighted by molar-refractivity contribution is 5.71. The second kappa shape index (κ2) is 62.0. The predicted octanol–water partition coefficient (Wildman–Crippen LogP) is 22.3. The minimum Gasteiger partial charge on any atom is -0.462 e. The van der Waals surface area contributed by atoms with E-state index in [0.29, 0.717) is 19.3 Å². The lowest BCUT2D eigenvalue weighted by Gasteiger charge is -2.18. The molecule has 0 aliphatic heterocycles. The number of hydrogen-bond donors (Lipinski definition) is 0. The number of rotatable bonds is 62. The first kappa shape index (κ1) is 70.4. The van der Waals surface area contributed by atoms with Crippen molar-refractivity contribution in [2.75, 3.05) is 13.2 Å². The molecule has 0 aromatic heterocycles. The Morgan fingerprint density at radius 2 is 0.375 bits per heavy atom. The Balaban J connectivity index is 3.94. The highest BCUT2D eigenvalue weighted by Gasteiger charge is 2.19. The molecule has 0 bridgehead atoms. The largest absolute Gasteiger partial charge is 0.462 e. The maximum atomic E-state index is 12.8. The van der Waals surface area contributed by atoms with Gasteiger partial charge in [-0.15, -0.1) is 0 Å². The lowest BCUT2D eigenvalue weighted by Crippen LogP contribution is -2.30. The van der Waals surface area contributed by atoms with E-state index in [1.165, 1.54) is 289 Å². The second-order valence-corrected chi connectivity index (χ2v) is 22.8. The van der Waals surface area contributed by atoms with Gasteiger partial charge in [0, 0.05) is 19.3 Å². The highest BCUT2D eigenvalue weighted by atomic mass is 16.6. The van der Waals surface area contributed by atoms with Crippen LogP contribution in [0.1, 0.15) is 387 Å².